The number of amides is 3. The Morgan fingerprint density at radius 2 is 1.79 bits per heavy atom. The van der Waals surface area contributed by atoms with Gasteiger partial charge in [-0.3, -0.25) is 29.0 Å². The van der Waals surface area contributed by atoms with Crippen LogP contribution in [0.15, 0.2) is 54.7 Å². The van der Waals surface area contributed by atoms with E-state index in [0.717, 1.165) is 20.5 Å². The number of halogens is 3. The molecule has 0 bridgehead atoms. The zero-order valence-corrected chi connectivity index (χ0v) is 20.5. The van der Waals surface area contributed by atoms with Gasteiger partial charge in [-0.15, -0.1) is 5.10 Å². The molecule has 0 saturated carbocycles. The average molecular weight is 544 g/mol. The number of aliphatic carboxylic acids is 1. The van der Waals surface area contributed by atoms with Crippen LogP contribution in [0.3, 0.4) is 0 Å². The third kappa shape index (κ3) is 6.13. The van der Waals surface area contributed by atoms with Gasteiger partial charge < -0.3 is 5.11 Å². The van der Waals surface area contributed by atoms with Crippen molar-refractivity contribution in [3.63, 3.8) is 0 Å². The summed E-state index contributed by atoms with van der Waals surface area (Å²) < 4.78 is 42.8. The third-order valence-electron chi connectivity index (χ3n) is 6.32. The second kappa shape index (κ2) is 11.5. The van der Waals surface area contributed by atoms with E-state index in [1.807, 2.05) is 0 Å². The molecule has 204 valence electrons. The van der Waals surface area contributed by atoms with Gasteiger partial charge in [0.05, 0.1) is 23.7 Å². The predicted molar refractivity (Wildman–Crippen MR) is 132 cm³/mol. The fourth-order valence-electron chi connectivity index (χ4n) is 4.49. The van der Waals surface area contributed by atoms with Crippen molar-refractivity contribution in [2.45, 2.75) is 44.3 Å². The number of carboxylic acid groups (broad SMARTS) is 1. The van der Waals surface area contributed by atoms with Crippen molar-refractivity contribution in [1.82, 2.24) is 19.7 Å². The number of likely N-dealkylation sites (tertiary alicyclic amines) is 1. The van der Waals surface area contributed by atoms with E-state index < -0.39 is 30.2 Å². The number of imide groups is 1. The topological polar surface area (TPSA) is 126 Å². The molecule has 10 nitrogen and oxygen atoms in total. The highest BCUT2D eigenvalue weighted by Gasteiger charge is 2.35. The minimum atomic E-state index is -4.69. The number of carbonyl (C=O) groups is 4. The first kappa shape index (κ1) is 27.5. The number of anilines is 1. The monoisotopic (exact) mass is 543 g/mol. The molecule has 0 aliphatic carbocycles. The molecule has 1 aromatic carbocycles. The van der Waals surface area contributed by atoms with Crippen LogP contribution in [-0.4, -0.2) is 61.6 Å². The molecule has 3 amide bonds. The van der Waals surface area contributed by atoms with Crippen LogP contribution in [0.4, 0.5) is 19.0 Å². The molecule has 39 heavy (non-hydrogen) atoms. The normalized spacial score (nSPS) is 14.8. The molecule has 3 aromatic rings. The Kier molecular flexibility index (Phi) is 8.07. The molecule has 1 fully saturated rings. The van der Waals surface area contributed by atoms with Crippen molar-refractivity contribution in [1.29, 1.82) is 0 Å². The van der Waals surface area contributed by atoms with Crippen LogP contribution in [0, 0.1) is 0 Å². The summed E-state index contributed by atoms with van der Waals surface area (Å²) in [5.41, 5.74) is -1.19. The lowest BCUT2D eigenvalue weighted by atomic mass is 10.0. The van der Waals surface area contributed by atoms with E-state index in [1.54, 1.807) is 12.1 Å². The summed E-state index contributed by atoms with van der Waals surface area (Å²) >= 11 is 0. The lowest BCUT2D eigenvalue weighted by molar-refractivity contribution is -0.148. The van der Waals surface area contributed by atoms with Crippen molar-refractivity contribution in [2.75, 3.05) is 11.4 Å². The van der Waals surface area contributed by atoms with Gasteiger partial charge in [0.2, 0.25) is 18.2 Å². The number of carboxylic acids is 1. The minimum absolute atomic E-state index is 0.0288. The van der Waals surface area contributed by atoms with Gasteiger partial charge >= 0.3 is 12.1 Å². The molecule has 2 aromatic heterocycles. The van der Waals surface area contributed by atoms with E-state index >= 15 is 0 Å². The molecule has 0 unspecified atom stereocenters. The van der Waals surface area contributed by atoms with Crippen LogP contribution in [0.2, 0.25) is 0 Å². The van der Waals surface area contributed by atoms with E-state index in [0.29, 0.717) is 12.8 Å². The Bertz CT molecular complexity index is 1360. The van der Waals surface area contributed by atoms with Crippen LogP contribution >= 0.6 is 0 Å². The number of aromatic nitrogens is 3. The number of nitrogens with zero attached hydrogens (tertiary/aromatic N) is 5. The number of hydrogen-bond donors (Lipinski definition) is 1. The van der Waals surface area contributed by atoms with Gasteiger partial charge in [0.15, 0.2) is 11.6 Å². The highest BCUT2D eigenvalue weighted by Crippen LogP contribution is 2.38. The molecule has 4 rings (SSSR count). The number of pyridine rings is 1. The minimum Gasteiger partial charge on any atom is -0.481 e. The Morgan fingerprint density at radius 3 is 2.41 bits per heavy atom. The molecule has 0 spiro atoms. The number of rotatable bonds is 10. The molecule has 3 heterocycles. The fraction of sp³-hybridized carbons (Fsp3) is 0.308. The molecule has 1 N–H and O–H groups in total. The highest BCUT2D eigenvalue weighted by molar-refractivity contribution is 5.97. The molecule has 1 aliphatic heterocycles. The summed E-state index contributed by atoms with van der Waals surface area (Å²) in [6.45, 7) is -0.120. The summed E-state index contributed by atoms with van der Waals surface area (Å²) in [5, 5.41) is 13.9. The highest BCUT2D eigenvalue weighted by atomic mass is 19.4. The van der Waals surface area contributed by atoms with Crippen LogP contribution < -0.4 is 4.90 Å². The van der Waals surface area contributed by atoms with Gasteiger partial charge in [-0.2, -0.15) is 13.2 Å². The van der Waals surface area contributed by atoms with Crippen LogP contribution in [-0.2, 0) is 25.4 Å². The van der Waals surface area contributed by atoms with Gasteiger partial charge in [-0.1, -0.05) is 24.3 Å². The largest absolute Gasteiger partial charge is 0.481 e. The summed E-state index contributed by atoms with van der Waals surface area (Å²) in [4.78, 5) is 54.6. The molecule has 13 heteroatoms. The van der Waals surface area contributed by atoms with Gasteiger partial charge in [0.25, 0.3) is 0 Å². The number of hydrogen-bond acceptors (Lipinski definition) is 6. The second-order valence-corrected chi connectivity index (χ2v) is 8.88. The quantitative estimate of drug-likeness (QED) is 0.305. The van der Waals surface area contributed by atoms with Crippen LogP contribution in [0.25, 0.3) is 17.1 Å². The molecular weight excluding hydrogens is 519 g/mol. The van der Waals surface area contributed by atoms with E-state index in [1.165, 1.54) is 36.5 Å². The van der Waals surface area contributed by atoms with Gasteiger partial charge in [-0.05, 0) is 31.0 Å². The van der Waals surface area contributed by atoms with Crippen molar-refractivity contribution in [3.8, 4) is 17.1 Å². The average Bonchev–Trinajstić information content (AvgIpc) is 3.33. The molecule has 1 aliphatic rings. The Labute approximate surface area is 220 Å². The van der Waals surface area contributed by atoms with Crippen molar-refractivity contribution in [2.24, 2.45) is 0 Å². The van der Waals surface area contributed by atoms with Crippen molar-refractivity contribution >= 4 is 30.0 Å². The zero-order valence-electron chi connectivity index (χ0n) is 20.5. The maximum Gasteiger partial charge on any atom is 0.417 e. The van der Waals surface area contributed by atoms with Gasteiger partial charge in [0, 0.05) is 37.2 Å². The second-order valence-electron chi connectivity index (χ2n) is 8.88. The standard InChI is InChI=1S/C26H24F3N5O5/c27-26(28,29)19-7-2-1-6-18(19)20-15-22(31-34(20)21-8-3-4-12-30-21)33(16-35)17(14-25(38)39)11-13-32-23(36)9-5-10-24(32)37/h1-4,6-8,12,15-17H,5,9-11,13-14H2,(H,38,39)/t17-/m0/s1. The lowest BCUT2D eigenvalue weighted by Gasteiger charge is -2.29. The first-order valence-corrected chi connectivity index (χ1v) is 12.1. The first-order valence-electron chi connectivity index (χ1n) is 12.1. The Balaban J connectivity index is 1.77. The number of alkyl halides is 3. The zero-order chi connectivity index (χ0) is 28.2. The Morgan fingerprint density at radius 1 is 1.10 bits per heavy atom. The van der Waals surface area contributed by atoms with Gasteiger partial charge in [0.1, 0.15) is 0 Å². The summed E-state index contributed by atoms with van der Waals surface area (Å²) in [7, 11) is 0. The van der Waals surface area contributed by atoms with Crippen LogP contribution in [0.1, 0.15) is 37.7 Å². The van der Waals surface area contributed by atoms with E-state index in [4.69, 9.17) is 0 Å². The van der Waals surface area contributed by atoms with Crippen molar-refractivity contribution in [3.05, 3.63) is 60.3 Å². The molecule has 1 saturated heterocycles. The van der Waals surface area contributed by atoms with E-state index in [2.05, 4.69) is 10.1 Å². The fourth-order valence-corrected chi connectivity index (χ4v) is 4.49. The number of carbonyl (C=O) groups excluding carboxylic acids is 3. The summed E-state index contributed by atoms with van der Waals surface area (Å²) in [5.74, 6) is -1.98. The van der Waals surface area contributed by atoms with Crippen molar-refractivity contribution < 1.29 is 37.5 Å². The van der Waals surface area contributed by atoms with Crippen LogP contribution in [0.5, 0.6) is 0 Å². The lowest BCUT2D eigenvalue weighted by Crippen LogP contribution is -2.44. The summed E-state index contributed by atoms with van der Waals surface area (Å²) in [6, 6.07) is 9.79. The summed E-state index contributed by atoms with van der Waals surface area (Å²) in [6.07, 6.45) is -2.77. The van der Waals surface area contributed by atoms with Gasteiger partial charge in [-0.25, -0.2) is 9.67 Å². The molecular formula is C26H24F3N5O5. The molecule has 1 atom stereocenters. The maximum atomic E-state index is 13.9. The number of benzene rings is 1. The van der Waals surface area contributed by atoms with E-state index in [-0.39, 0.29) is 60.5 Å². The molecule has 0 radical (unpaired) electrons. The van der Waals surface area contributed by atoms with E-state index in [9.17, 15) is 37.5 Å². The maximum absolute atomic E-state index is 13.9. The third-order valence-corrected chi connectivity index (χ3v) is 6.32. The Hall–Kier alpha value is -4.55. The SMILES string of the molecule is O=CN(c1cc(-c2ccccc2C(F)(F)F)n(-c2ccccn2)n1)[C@@H](CCN1C(=O)CCCC1=O)CC(=O)O. The predicted octanol–water partition coefficient (Wildman–Crippen LogP) is 3.69. The smallest absolute Gasteiger partial charge is 0.417 e. The number of piperidine rings is 1. The first-order chi connectivity index (χ1) is 18.6.